The first-order valence-corrected chi connectivity index (χ1v) is 27.4. The van der Waals surface area contributed by atoms with E-state index in [2.05, 4.69) is 57.9 Å². The number of anilines is 1. The number of carbonyl (C=O) groups is 5. The maximum atomic E-state index is 13.5. The fourth-order valence-electron chi connectivity index (χ4n) is 9.68. The van der Waals surface area contributed by atoms with E-state index in [1.165, 1.54) is 11.1 Å². The molecule has 2 heterocycles. The van der Waals surface area contributed by atoms with Gasteiger partial charge in [0.1, 0.15) is 0 Å². The molecule has 0 spiro atoms. The topological polar surface area (TPSA) is 171 Å². The van der Waals surface area contributed by atoms with Gasteiger partial charge < -0.3 is 25.6 Å². The van der Waals surface area contributed by atoms with Crippen molar-refractivity contribution in [3.05, 3.63) is 234 Å². The molecule has 84 heavy (non-hydrogen) atoms. The second-order valence-corrected chi connectivity index (χ2v) is 20.9. The van der Waals surface area contributed by atoms with E-state index in [0.29, 0.717) is 66.0 Å². The number of para-hydroxylation sites is 2. The van der Waals surface area contributed by atoms with Gasteiger partial charge in [0.05, 0.1) is 34.8 Å². The molecule has 8 rings (SSSR count). The van der Waals surface area contributed by atoms with E-state index < -0.39 is 22.9 Å². The second kappa shape index (κ2) is 37.8. The van der Waals surface area contributed by atoms with Gasteiger partial charge in [-0.15, -0.1) is 31.3 Å². The minimum absolute atomic E-state index is 0. The van der Waals surface area contributed by atoms with Crippen molar-refractivity contribution < 1.29 is 50.7 Å². The molecule has 0 saturated carbocycles. The van der Waals surface area contributed by atoms with E-state index in [0.717, 1.165) is 63.7 Å². The third-order valence-electron chi connectivity index (χ3n) is 14.4. The van der Waals surface area contributed by atoms with Crippen LogP contribution in [-0.4, -0.2) is 86.0 Å². The number of carboxylic acid groups (broad SMARTS) is 2. The van der Waals surface area contributed by atoms with Crippen LogP contribution in [0.3, 0.4) is 0 Å². The molecule has 6 aromatic carbocycles. The largest absolute Gasteiger partial charge is 2.00 e. The third kappa shape index (κ3) is 22.0. The van der Waals surface area contributed by atoms with Crippen LogP contribution in [0, 0.1) is 5.41 Å². The molecule has 0 aromatic heterocycles. The Kier molecular flexibility index (Phi) is 33.7. The first kappa shape index (κ1) is 74.7. The van der Waals surface area contributed by atoms with E-state index in [1.807, 2.05) is 121 Å². The molecular weight excluding hydrogens is 1120 g/mol. The molecule has 2 amide bonds. The average Bonchev–Trinajstić information content (AvgIpc) is 4.16. The monoisotopic (exact) mass is 1200 g/mol. The standard InChI is InChI=1S/C33H37N3O3.C25H24N2O2.C9H16O2.3CH4.ClH.Ni/c1-3-4-13-22-33(2,32(38)39)35-30(26-17-9-6-10-18-26)27-19-11-12-20-28(27)34-31(37)29-21-14-23-36(29)24-25-15-7-5-8-16-25;28-24(20-12-5-2-6-13-20)21-14-7-8-15-22(21)26-25(29)23-16-9-17-27(23)18-19-10-3-1-4-11-19;1-4-5-6-7-9(2,3)8(10)11;;;;;/h3,5-12,15-20,29H,1,4,13-14,21-24H2,2H3,(H2,34,35,37,38,39);1-8,10-15,23H,9,16-18H2,(H,26,29);4H,1,5-7H2,2-3H3,(H,10,11);3*1H4;1H;/q;;;;;;;+2/p-1/t29-,33-;23-;;;;;;/m00....../s1. The predicted octanol–water partition coefficient (Wildman–Crippen LogP) is 16.2. The van der Waals surface area contributed by atoms with Crippen LogP contribution < -0.4 is 5.32 Å². The van der Waals surface area contributed by atoms with Crippen LogP contribution in [0.15, 0.2) is 200 Å². The van der Waals surface area contributed by atoms with E-state index >= 15 is 0 Å². The normalized spacial score (nSPS) is 15.2. The number of hydrogen-bond donors (Lipinski definition) is 3. The molecule has 0 aliphatic carbocycles. The summed E-state index contributed by atoms with van der Waals surface area (Å²) in [6.45, 7) is 15.7. The molecule has 3 atom stereocenters. The van der Waals surface area contributed by atoms with Crippen molar-refractivity contribution in [3.8, 4) is 0 Å². The molecular formula is C70H89ClN5NiO7+. The molecule has 3 N–H and O–H groups in total. The summed E-state index contributed by atoms with van der Waals surface area (Å²) in [5, 5.41) is 26.5. The number of amides is 2. The van der Waals surface area contributed by atoms with E-state index in [1.54, 1.807) is 57.2 Å². The van der Waals surface area contributed by atoms with Gasteiger partial charge in [-0.1, -0.05) is 192 Å². The summed E-state index contributed by atoms with van der Waals surface area (Å²) >= 11 is 0. The van der Waals surface area contributed by atoms with Crippen molar-refractivity contribution in [2.24, 2.45) is 10.4 Å². The summed E-state index contributed by atoms with van der Waals surface area (Å²) < 4.78 is 0. The molecule has 0 bridgehead atoms. The fraction of sp³-hybridized carbons (Fsp3) is 0.343. The Balaban J connectivity index is 0.000000694. The van der Waals surface area contributed by atoms with Crippen molar-refractivity contribution in [2.45, 2.75) is 138 Å². The number of aliphatic carboxylic acids is 2. The number of hydrogen-bond acceptors (Lipinski definition) is 8. The number of nitrogens with zero attached hydrogens (tertiary/aromatic N) is 4. The Hall–Kier alpha value is -7.28. The summed E-state index contributed by atoms with van der Waals surface area (Å²) in [5.74, 6) is -2.04. The molecule has 14 heteroatoms. The molecule has 2 aliphatic rings. The van der Waals surface area contributed by atoms with Crippen LogP contribution in [-0.2, 0) is 48.8 Å². The molecule has 0 radical (unpaired) electrons. The third-order valence-corrected chi connectivity index (χ3v) is 14.4. The number of nitrogens with one attached hydrogen (secondary N) is 1. The van der Waals surface area contributed by atoms with E-state index in [4.69, 9.17) is 10.1 Å². The maximum Gasteiger partial charge on any atom is 2.00 e. The predicted molar refractivity (Wildman–Crippen MR) is 344 cm³/mol. The second-order valence-electron chi connectivity index (χ2n) is 20.9. The number of aliphatic imine (C=N–C) groups is 1. The van der Waals surface area contributed by atoms with Gasteiger partial charge in [0.25, 0.3) is 0 Å². The summed E-state index contributed by atoms with van der Waals surface area (Å²) in [6.07, 6.45) is 11.4. The minimum atomic E-state index is -1.34. The Morgan fingerprint density at radius 2 is 1.04 bits per heavy atom. The number of ketones is 1. The van der Waals surface area contributed by atoms with Gasteiger partial charge in [-0.25, -0.2) is 4.79 Å². The van der Waals surface area contributed by atoms with Crippen molar-refractivity contribution in [1.29, 1.82) is 0 Å². The van der Waals surface area contributed by atoms with Gasteiger partial charge in [0.15, 0.2) is 11.3 Å². The van der Waals surface area contributed by atoms with Gasteiger partial charge in [-0.2, -0.15) is 0 Å². The van der Waals surface area contributed by atoms with Gasteiger partial charge in [-0.05, 0) is 127 Å². The average molecular weight is 1210 g/mol. The summed E-state index contributed by atoms with van der Waals surface area (Å²) in [4.78, 5) is 71.8. The fourth-order valence-corrected chi connectivity index (χ4v) is 9.68. The van der Waals surface area contributed by atoms with Crippen LogP contribution in [0.5, 0.6) is 0 Å². The Bertz CT molecular complexity index is 3000. The van der Waals surface area contributed by atoms with Crippen LogP contribution in [0.4, 0.5) is 11.4 Å². The van der Waals surface area contributed by atoms with Gasteiger partial charge in [-0.3, -0.25) is 29.2 Å². The van der Waals surface area contributed by atoms with Crippen molar-refractivity contribution in [1.82, 2.24) is 9.80 Å². The molecule has 2 aliphatic heterocycles. The first-order valence-electron chi connectivity index (χ1n) is 27.4. The number of allylic oxidation sites excluding steroid dienone is 2. The molecule has 2 fully saturated rings. The number of rotatable bonds is 23. The zero-order chi connectivity index (χ0) is 56.6. The van der Waals surface area contributed by atoms with Crippen molar-refractivity contribution in [2.75, 3.05) is 18.4 Å². The Labute approximate surface area is 517 Å². The van der Waals surface area contributed by atoms with E-state index in [9.17, 15) is 29.1 Å². The first-order chi connectivity index (χ1) is 38.1. The SMILES string of the molecule is C.C.C.C=CCCCC(C)(C)C(=O)O.C=CCCC[C@](C)(N=C(c1ccccc1)c1ccccc1[N-]C(=O)[C@@H]1CCCN1Cc1ccccc1)C(=O)O.Cl.O=C(c1ccccc1)c1ccccc1NC(=O)[C@@H]1CCCN1Cc1ccccc1.[Ni+2]. The van der Waals surface area contributed by atoms with Gasteiger partial charge in [0.2, 0.25) is 5.91 Å². The summed E-state index contributed by atoms with van der Waals surface area (Å²) in [6, 6.07) is 53.1. The molecule has 2 saturated heterocycles. The molecule has 452 valence electrons. The number of carbonyl (C=O) groups excluding carboxylic acids is 3. The quantitative estimate of drug-likeness (QED) is 0.0186. The van der Waals surface area contributed by atoms with Crippen LogP contribution in [0.2, 0.25) is 0 Å². The number of likely N-dealkylation sites (tertiary alicyclic amines) is 2. The number of unbranched alkanes of at least 4 members (excludes halogenated alkanes) is 2. The van der Waals surface area contributed by atoms with Crippen LogP contribution in [0.25, 0.3) is 5.32 Å². The summed E-state index contributed by atoms with van der Waals surface area (Å²) in [5.41, 5.74) is 4.56. The zero-order valence-electron chi connectivity index (χ0n) is 46.7. The van der Waals surface area contributed by atoms with Crippen molar-refractivity contribution in [3.63, 3.8) is 0 Å². The molecule has 6 aromatic rings. The van der Waals surface area contributed by atoms with Crippen molar-refractivity contribution >= 4 is 59.0 Å². The Morgan fingerprint density at radius 3 is 1.55 bits per heavy atom. The smallest absolute Gasteiger partial charge is 0.625 e. The number of benzene rings is 6. The maximum absolute atomic E-state index is 13.5. The van der Waals surface area contributed by atoms with Gasteiger partial charge in [0, 0.05) is 29.8 Å². The Morgan fingerprint density at radius 1 is 0.595 bits per heavy atom. The number of halogens is 1. The van der Waals surface area contributed by atoms with E-state index in [-0.39, 0.29) is 80.9 Å². The van der Waals surface area contributed by atoms with Gasteiger partial charge >= 0.3 is 28.4 Å². The molecule has 12 nitrogen and oxygen atoms in total. The zero-order valence-corrected chi connectivity index (χ0v) is 48.5. The minimum Gasteiger partial charge on any atom is -0.625 e. The number of carboxylic acids is 2. The molecule has 0 unspecified atom stereocenters. The summed E-state index contributed by atoms with van der Waals surface area (Å²) in [7, 11) is 0. The van der Waals surface area contributed by atoms with Crippen LogP contribution >= 0.6 is 12.4 Å². The van der Waals surface area contributed by atoms with Crippen LogP contribution in [0.1, 0.15) is 145 Å².